The van der Waals surface area contributed by atoms with Crippen LogP contribution in [0.1, 0.15) is 30.3 Å². The molecule has 19 heavy (non-hydrogen) atoms. The highest BCUT2D eigenvalue weighted by molar-refractivity contribution is 5.15. The average molecular weight is 275 g/mol. The number of aromatic nitrogens is 3. The van der Waals surface area contributed by atoms with Crippen molar-refractivity contribution in [2.45, 2.75) is 32.2 Å². The van der Waals surface area contributed by atoms with E-state index in [1.54, 1.807) is 0 Å². The molecule has 2 aromatic heterocycles. The van der Waals surface area contributed by atoms with Crippen molar-refractivity contribution in [2.24, 2.45) is 0 Å². The highest BCUT2D eigenvalue weighted by Crippen LogP contribution is 2.32. The van der Waals surface area contributed by atoms with E-state index >= 15 is 0 Å². The van der Waals surface area contributed by atoms with Crippen molar-refractivity contribution in [1.29, 1.82) is 0 Å². The lowest BCUT2D eigenvalue weighted by Crippen LogP contribution is -2.19. The van der Waals surface area contributed by atoms with E-state index in [1.807, 2.05) is 6.92 Å². The van der Waals surface area contributed by atoms with Crippen LogP contribution < -0.4 is 0 Å². The number of aryl methyl sites for hydroxylation is 1. The van der Waals surface area contributed by atoms with Gasteiger partial charge in [-0.15, -0.1) is 0 Å². The van der Waals surface area contributed by atoms with Gasteiger partial charge in [0.05, 0.1) is 0 Å². The minimum atomic E-state index is -4.67. The Kier molecular flexibility index (Phi) is 3.61. The van der Waals surface area contributed by atoms with E-state index in [1.165, 1.54) is 23.0 Å². The number of hydrogen-bond donors (Lipinski definition) is 1. The second-order valence-corrected chi connectivity index (χ2v) is 4.02. The Morgan fingerprint density at radius 1 is 1.47 bits per heavy atom. The molecule has 1 unspecified atom stereocenters. The molecule has 0 fully saturated rings. The van der Waals surface area contributed by atoms with Gasteiger partial charge in [-0.1, -0.05) is 12.1 Å². The van der Waals surface area contributed by atoms with Gasteiger partial charge < -0.3 is 14.2 Å². The summed E-state index contributed by atoms with van der Waals surface area (Å²) in [5, 5.41) is 12.8. The lowest BCUT2D eigenvalue weighted by molar-refractivity contribution is -0.206. The van der Waals surface area contributed by atoms with Crippen molar-refractivity contribution in [2.75, 3.05) is 0 Å². The first-order chi connectivity index (χ1) is 8.90. The fourth-order valence-electron chi connectivity index (χ4n) is 1.56. The molecule has 0 saturated heterocycles. The predicted molar refractivity (Wildman–Crippen MR) is 58.2 cm³/mol. The third-order valence-corrected chi connectivity index (χ3v) is 2.54. The molecule has 0 saturated carbocycles. The van der Waals surface area contributed by atoms with Gasteiger partial charge in [0.15, 0.2) is 11.9 Å². The third kappa shape index (κ3) is 3.14. The zero-order valence-corrected chi connectivity index (χ0v) is 10.1. The molecule has 2 heterocycles. The molecule has 104 valence electrons. The van der Waals surface area contributed by atoms with Crippen molar-refractivity contribution in [3.05, 3.63) is 35.7 Å². The van der Waals surface area contributed by atoms with Gasteiger partial charge >= 0.3 is 6.18 Å². The van der Waals surface area contributed by atoms with Crippen LogP contribution >= 0.6 is 0 Å². The molecule has 2 rings (SSSR count). The summed E-state index contributed by atoms with van der Waals surface area (Å²) in [6, 6.07) is 1.20. The molecule has 0 aromatic carbocycles. The Hall–Kier alpha value is -1.83. The molecular weight excluding hydrogens is 263 g/mol. The summed E-state index contributed by atoms with van der Waals surface area (Å²) in [4.78, 5) is 4.04. The molecule has 0 aliphatic rings. The van der Waals surface area contributed by atoms with E-state index in [2.05, 4.69) is 10.1 Å². The Labute approximate surface area is 106 Å². The SMILES string of the molecule is CCc1noc(Cn2ccc(C(O)C(F)(F)F)c2)n1. The topological polar surface area (TPSA) is 64.1 Å². The van der Waals surface area contributed by atoms with Gasteiger partial charge in [0, 0.05) is 24.4 Å². The van der Waals surface area contributed by atoms with Crippen LogP contribution in [0, 0.1) is 0 Å². The fourth-order valence-corrected chi connectivity index (χ4v) is 1.56. The maximum absolute atomic E-state index is 12.3. The Balaban J connectivity index is 2.09. The van der Waals surface area contributed by atoms with Gasteiger partial charge in [-0.25, -0.2) is 0 Å². The van der Waals surface area contributed by atoms with Crippen molar-refractivity contribution in [3.63, 3.8) is 0 Å². The van der Waals surface area contributed by atoms with Crippen LogP contribution in [0.25, 0.3) is 0 Å². The first-order valence-corrected chi connectivity index (χ1v) is 5.62. The Morgan fingerprint density at radius 2 is 2.21 bits per heavy atom. The maximum atomic E-state index is 12.3. The van der Waals surface area contributed by atoms with Gasteiger partial charge in [0.2, 0.25) is 5.89 Å². The number of rotatable bonds is 4. The number of hydrogen-bond acceptors (Lipinski definition) is 4. The Bertz CT molecular complexity index is 547. The zero-order chi connectivity index (χ0) is 14.0. The summed E-state index contributed by atoms with van der Waals surface area (Å²) in [5.74, 6) is 0.846. The number of alkyl halides is 3. The van der Waals surface area contributed by atoms with Crippen molar-refractivity contribution < 1.29 is 22.8 Å². The van der Waals surface area contributed by atoms with Gasteiger partial charge in [0.25, 0.3) is 0 Å². The van der Waals surface area contributed by atoms with Crippen LogP contribution in [-0.2, 0) is 13.0 Å². The van der Waals surface area contributed by atoms with E-state index < -0.39 is 12.3 Å². The second kappa shape index (κ2) is 5.04. The van der Waals surface area contributed by atoms with Crippen LogP contribution in [0.3, 0.4) is 0 Å². The smallest absolute Gasteiger partial charge is 0.379 e. The summed E-state index contributed by atoms with van der Waals surface area (Å²) in [6.07, 6.45) is -3.92. The molecule has 0 amide bonds. The zero-order valence-electron chi connectivity index (χ0n) is 10.1. The largest absolute Gasteiger partial charge is 0.418 e. The minimum absolute atomic E-state index is 0.164. The lowest BCUT2D eigenvalue weighted by atomic mass is 10.2. The van der Waals surface area contributed by atoms with Crippen LogP contribution in [0.4, 0.5) is 13.2 Å². The maximum Gasteiger partial charge on any atom is 0.418 e. The summed E-state index contributed by atoms with van der Waals surface area (Å²) in [6.45, 7) is 2.03. The molecule has 0 radical (unpaired) electrons. The highest BCUT2D eigenvalue weighted by atomic mass is 19.4. The monoisotopic (exact) mass is 275 g/mol. The van der Waals surface area contributed by atoms with E-state index in [4.69, 9.17) is 9.63 Å². The Morgan fingerprint density at radius 3 is 2.79 bits per heavy atom. The predicted octanol–water partition coefficient (Wildman–Crippen LogP) is 2.08. The van der Waals surface area contributed by atoms with E-state index in [0.29, 0.717) is 18.1 Å². The number of halogens is 3. The van der Waals surface area contributed by atoms with Crippen LogP contribution in [0.2, 0.25) is 0 Å². The summed E-state index contributed by atoms with van der Waals surface area (Å²) >= 11 is 0. The second-order valence-electron chi connectivity index (χ2n) is 4.02. The molecule has 2 aromatic rings. The number of nitrogens with zero attached hydrogens (tertiary/aromatic N) is 3. The molecule has 0 aliphatic carbocycles. The number of aliphatic hydroxyl groups excluding tert-OH is 1. The molecule has 0 bridgehead atoms. The van der Waals surface area contributed by atoms with E-state index in [9.17, 15) is 13.2 Å². The highest BCUT2D eigenvalue weighted by Gasteiger charge is 2.39. The molecular formula is C11H12F3N3O2. The van der Waals surface area contributed by atoms with Crippen LogP contribution in [0.5, 0.6) is 0 Å². The molecule has 8 heteroatoms. The van der Waals surface area contributed by atoms with Gasteiger partial charge in [-0.3, -0.25) is 0 Å². The molecule has 1 atom stereocenters. The first kappa shape index (κ1) is 13.6. The van der Waals surface area contributed by atoms with Crippen molar-refractivity contribution in [1.82, 2.24) is 14.7 Å². The van der Waals surface area contributed by atoms with Crippen LogP contribution in [-0.4, -0.2) is 26.0 Å². The molecule has 0 aliphatic heterocycles. The molecule has 0 spiro atoms. The standard InChI is InChI=1S/C11H12F3N3O2/c1-2-8-15-9(19-16-8)6-17-4-3-7(5-17)10(18)11(12,13)14/h3-5,10,18H,2,6H2,1H3. The van der Waals surface area contributed by atoms with Gasteiger partial charge in [-0.05, 0) is 6.07 Å². The summed E-state index contributed by atoms with van der Waals surface area (Å²) in [5.41, 5.74) is -0.220. The molecule has 1 N–H and O–H groups in total. The minimum Gasteiger partial charge on any atom is -0.379 e. The lowest BCUT2D eigenvalue weighted by Gasteiger charge is -2.12. The van der Waals surface area contributed by atoms with Gasteiger partial charge in [-0.2, -0.15) is 18.2 Å². The number of aliphatic hydroxyl groups is 1. The summed E-state index contributed by atoms with van der Waals surface area (Å²) < 4.78 is 43.3. The molecule has 5 nitrogen and oxygen atoms in total. The van der Waals surface area contributed by atoms with Crippen molar-refractivity contribution >= 4 is 0 Å². The third-order valence-electron chi connectivity index (χ3n) is 2.54. The summed E-state index contributed by atoms with van der Waals surface area (Å²) in [7, 11) is 0. The average Bonchev–Trinajstić information content (AvgIpc) is 2.96. The van der Waals surface area contributed by atoms with Crippen LogP contribution in [0.15, 0.2) is 23.0 Å². The quantitative estimate of drug-likeness (QED) is 0.927. The van der Waals surface area contributed by atoms with E-state index in [-0.39, 0.29) is 12.1 Å². The van der Waals surface area contributed by atoms with E-state index in [0.717, 1.165) is 0 Å². The van der Waals surface area contributed by atoms with Crippen molar-refractivity contribution in [3.8, 4) is 0 Å². The normalized spacial score (nSPS) is 13.7. The fraction of sp³-hybridized carbons (Fsp3) is 0.455. The van der Waals surface area contributed by atoms with Gasteiger partial charge in [0.1, 0.15) is 6.54 Å². The first-order valence-electron chi connectivity index (χ1n) is 5.62.